The SMILES string of the molecule is CCOC(=O)C(=O)c1cc2cc(Cl)c(Cc3cc4cc(Cl)ccc4s3)cc2s1. The van der Waals surface area contributed by atoms with Crippen LogP contribution in [0.3, 0.4) is 0 Å². The Morgan fingerprint density at radius 3 is 2.54 bits per heavy atom. The normalized spacial score (nSPS) is 11.2. The Labute approximate surface area is 179 Å². The van der Waals surface area contributed by atoms with Crippen LogP contribution in [0.1, 0.15) is 27.0 Å². The third kappa shape index (κ3) is 3.80. The number of carbonyl (C=O) groups is 2. The maximum absolute atomic E-state index is 12.2. The second-order valence-corrected chi connectivity index (χ2v) is 9.31. The smallest absolute Gasteiger partial charge is 0.380 e. The molecule has 2 aromatic carbocycles. The first-order valence-corrected chi connectivity index (χ1v) is 10.9. The van der Waals surface area contributed by atoms with Gasteiger partial charge in [0.05, 0.1) is 11.5 Å². The van der Waals surface area contributed by atoms with Crippen LogP contribution in [0.4, 0.5) is 0 Å². The highest BCUT2D eigenvalue weighted by Crippen LogP contribution is 2.35. The van der Waals surface area contributed by atoms with Crippen molar-refractivity contribution in [3.05, 3.63) is 67.8 Å². The fraction of sp³-hybridized carbons (Fsp3) is 0.143. The molecule has 0 fully saturated rings. The first-order chi connectivity index (χ1) is 13.4. The number of halogens is 2. The van der Waals surface area contributed by atoms with Crippen molar-refractivity contribution in [1.82, 2.24) is 0 Å². The Bertz CT molecular complexity index is 1220. The number of carbonyl (C=O) groups excluding carboxylic acids is 2. The zero-order valence-corrected chi connectivity index (χ0v) is 17.9. The molecule has 0 saturated heterocycles. The topological polar surface area (TPSA) is 43.4 Å². The highest BCUT2D eigenvalue weighted by Gasteiger charge is 2.20. The van der Waals surface area contributed by atoms with Crippen molar-refractivity contribution < 1.29 is 14.3 Å². The number of rotatable bonds is 5. The maximum Gasteiger partial charge on any atom is 0.380 e. The van der Waals surface area contributed by atoms with E-state index in [1.165, 1.54) is 20.9 Å². The lowest BCUT2D eigenvalue weighted by Gasteiger charge is -2.03. The van der Waals surface area contributed by atoms with Crippen molar-refractivity contribution in [3.63, 3.8) is 0 Å². The van der Waals surface area contributed by atoms with Gasteiger partial charge in [-0.1, -0.05) is 23.2 Å². The molecule has 4 aromatic rings. The van der Waals surface area contributed by atoms with Gasteiger partial charge in [0.1, 0.15) is 0 Å². The molecule has 0 spiro atoms. The molecule has 2 heterocycles. The van der Waals surface area contributed by atoms with E-state index in [2.05, 4.69) is 6.07 Å². The summed E-state index contributed by atoms with van der Waals surface area (Å²) in [5.74, 6) is -1.45. The zero-order valence-electron chi connectivity index (χ0n) is 14.8. The van der Waals surface area contributed by atoms with Crippen LogP contribution in [0.15, 0.2) is 42.5 Å². The summed E-state index contributed by atoms with van der Waals surface area (Å²) in [6, 6.07) is 13.5. The first-order valence-electron chi connectivity index (χ1n) is 8.56. The lowest BCUT2D eigenvalue weighted by Crippen LogP contribution is -2.16. The lowest BCUT2D eigenvalue weighted by atomic mass is 10.1. The van der Waals surface area contributed by atoms with E-state index in [0.717, 1.165) is 21.0 Å². The average Bonchev–Trinajstić information content (AvgIpc) is 3.24. The van der Waals surface area contributed by atoms with Gasteiger partial charge in [-0.25, -0.2) is 4.79 Å². The number of Topliss-reactive ketones (excluding diaryl/α,β-unsaturated/α-hetero) is 1. The van der Waals surface area contributed by atoms with Crippen molar-refractivity contribution >= 4 is 77.8 Å². The van der Waals surface area contributed by atoms with Gasteiger partial charge in [0.2, 0.25) is 0 Å². The van der Waals surface area contributed by atoms with Gasteiger partial charge in [-0.3, -0.25) is 4.79 Å². The summed E-state index contributed by atoms with van der Waals surface area (Å²) in [5, 5.41) is 3.31. The van der Waals surface area contributed by atoms with Crippen LogP contribution < -0.4 is 0 Å². The molecule has 2 aromatic heterocycles. The fourth-order valence-electron chi connectivity index (χ4n) is 2.99. The fourth-order valence-corrected chi connectivity index (χ4v) is 5.51. The Morgan fingerprint density at radius 1 is 0.964 bits per heavy atom. The Balaban J connectivity index is 1.66. The van der Waals surface area contributed by atoms with Crippen molar-refractivity contribution in [1.29, 1.82) is 0 Å². The van der Waals surface area contributed by atoms with Gasteiger partial charge >= 0.3 is 5.97 Å². The minimum atomic E-state index is -0.829. The Morgan fingerprint density at radius 2 is 1.75 bits per heavy atom. The van der Waals surface area contributed by atoms with Crippen molar-refractivity contribution in [3.8, 4) is 0 Å². The molecule has 0 N–H and O–H groups in total. The molecule has 0 aliphatic rings. The molecule has 0 atom stereocenters. The van der Waals surface area contributed by atoms with E-state index in [1.54, 1.807) is 24.3 Å². The van der Waals surface area contributed by atoms with Crippen molar-refractivity contribution in [2.75, 3.05) is 6.61 Å². The number of thiophene rings is 2. The molecule has 0 amide bonds. The predicted octanol–water partition coefficient (Wildman–Crippen LogP) is 6.76. The molecule has 0 aliphatic carbocycles. The minimum Gasteiger partial charge on any atom is -0.460 e. The summed E-state index contributed by atoms with van der Waals surface area (Å²) in [4.78, 5) is 25.4. The Hall–Kier alpha value is -1.92. The van der Waals surface area contributed by atoms with Gasteiger partial charge in [0.25, 0.3) is 5.78 Å². The number of hydrogen-bond acceptors (Lipinski definition) is 5. The number of esters is 1. The maximum atomic E-state index is 12.2. The zero-order chi connectivity index (χ0) is 19.8. The van der Waals surface area contributed by atoms with E-state index in [4.69, 9.17) is 27.9 Å². The van der Waals surface area contributed by atoms with E-state index >= 15 is 0 Å². The molecule has 0 saturated carbocycles. The third-order valence-electron chi connectivity index (χ3n) is 4.26. The monoisotopic (exact) mass is 448 g/mol. The van der Waals surface area contributed by atoms with Crippen LogP contribution in [0.2, 0.25) is 10.0 Å². The summed E-state index contributed by atoms with van der Waals surface area (Å²) in [5.41, 5.74) is 0.976. The van der Waals surface area contributed by atoms with Gasteiger partial charge in [-0.05, 0) is 65.7 Å². The highest BCUT2D eigenvalue weighted by atomic mass is 35.5. The molecule has 0 bridgehead atoms. The highest BCUT2D eigenvalue weighted by molar-refractivity contribution is 7.21. The van der Waals surface area contributed by atoms with E-state index in [9.17, 15) is 9.59 Å². The molecule has 7 heteroatoms. The average molecular weight is 449 g/mol. The number of ether oxygens (including phenoxy) is 1. The van der Waals surface area contributed by atoms with E-state index in [0.29, 0.717) is 21.3 Å². The van der Waals surface area contributed by atoms with Crippen LogP contribution in [-0.2, 0) is 16.0 Å². The number of hydrogen-bond donors (Lipinski definition) is 0. The summed E-state index contributed by atoms with van der Waals surface area (Å²) in [6.45, 7) is 1.84. The molecular weight excluding hydrogens is 435 g/mol. The number of ketones is 1. The molecule has 0 radical (unpaired) electrons. The second-order valence-electron chi connectivity index (χ2n) is 6.21. The van der Waals surface area contributed by atoms with Gasteiger partial charge in [0, 0.05) is 30.7 Å². The molecule has 142 valence electrons. The predicted molar refractivity (Wildman–Crippen MR) is 117 cm³/mol. The van der Waals surface area contributed by atoms with Crippen LogP contribution in [0, 0.1) is 0 Å². The number of benzene rings is 2. The summed E-state index contributed by atoms with van der Waals surface area (Å²) in [6.07, 6.45) is 0.685. The van der Waals surface area contributed by atoms with Crippen molar-refractivity contribution in [2.45, 2.75) is 13.3 Å². The quantitative estimate of drug-likeness (QED) is 0.192. The second kappa shape index (κ2) is 7.84. The van der Waals surface area contributed by atoms with Crippen LogP contribution >= 0.6 is 45.9 Å². The molecule has 4 rings (SSSR count). The summed E-state index contributed by atoms with van der Waals surface area (Å²) < 4.78 is 6.89. The molecular formula is C21H14Cl2O3S2. The molecule has 0 aliphatic heterocycles. The van der Waals surface area contributed by atoms with E-state index < -0.39 is 11.8 Å². The number of fused-ring (bicyclic) bond motifs is 2. The summed E-state index contributed by atoms with van der Waals surface area (Å²) in [7, 11) is 0. The largest absolute Gasteiger partial charge is 0.460 e. The van der Waals surface area contributed by atoms with Gasteiger partial charge in [0.15, 0.2) is 0 Å². The van der Waals surface area contributed by atoms with Crippen molar-refractivity contribution in [2.24, 2.45) is 0 Å². The van der Waals surface area contributed by atoms with Gasteiger partial charge in [-0.2, -0.15) is 0 Å². The Kier molecular flexibility index (Phi) is 5.43. The standard InChI is InChI=1S/C21H14Cl2O3S2/c1-2-26-21(25)20(24)19-10-13-8-16(23)11(9-18(13)28-19)6-15-7-12-5-14(22)3-4-17(12)27-15/h3-5,7-10H,2,6H2,1H3. The molecule has 3 nitrogen and oxygen atoms in total. The van der Waals surface area contributed by atoms with Crippen LogP contribution in [0.25, 0.3) is 20.2 Å². The van der Waals surface area contributed by atoms with E-state index in [-0.39, 0.29) is 6.61 Å². The van der Waals surface area contributed by atoms with Crippen LogP contribution in [-0.4, -0.2) is 18.4 Å². The minimum absolute atomic E-state index is 0.172. The van der Waals surface area contributed by atoms with E-state index in [1.807, 2.05) is 30.3 Å². The molecule has 0 unspecified atom stereocenters. The van der Waals surface area contributed by atoms with Gasteiger partial charge in [-0.15, -0.1) is 22.7 Å². The third-order valence-corrected chi connectivity index (χ3v) is 7.06. The molecule has 28 heavy (non-hydrogen) atoms. The summed E-state index contributed by atoms with van der Waals surface area (Å²) >= 11 is 15.5. The van der Waals surface area contributed by atoms with Crippen LogP contribution in [0.5, 0.6) is 0 Å². The van der Waals surface area contributed by atoms with Gasteiger partial charge < -0.3 is 4.74 Å². The first kappa shape index (κ1) is 19.4. The lowest BCUT2D eigenvalue weighted by molar-refractivity contribution is -0.137.